The van der Waals surface area contributed by atoms with Gasteiger partial charge in [-0.15, -0.1) is 0 Å². The van der Waals surface area contributed by atoms with Crippen molar-refractivity contribution in [3.05, 3.63) is 47.4 Å². The van der Waals surface area contributed by atoms with Gasteiger partial charge in [-0.05, 0) is 25.8 Å². The van der Waals surface area contributed by atoms with Crippen LogP contribution in [0.25, 0.3) is 0 Å². The van der Waals surface area contributed by atoms with Crippen molar-refractivity contribution >= 4 is 5.82 Å². The minimum absolute atomic E-state index is 0.174. The largest absolute Gasteiger partial charge is 0.491 e. The van der Waals surface area contributed by atoms with Crippen LogP contribution in [0.1, 0.15) is 41.9 Å². The molecule has 1 aliphatic carbocycles. The van der Waals surface area contributed by atoms with E-state index in [-0.39, 0.29) is 6.04 Å². The molecule has 4 heteroatoms. The van der Waals surface area contributed by atoms with Crippen molar-refractivity contribution < 1.29 is 4.74 Å². The van der Waals surface area contributed by atoms with E-state index in [4.69, 9.17) is 4.74 Å². The van der Waals surface area contributed by atoms with Crippen molar-refractivity contribution in [3.8, 4) is 5.75 Å². The van der Waals surface area contributed by atoms with Gasteiger partial charge in [-0.25, -0.2) is 9.97 Å². The molecule has 1 atom stereocenters. The van der Waals surface area contributed by atoms with E-state index in [1.54, 1.807) is 0 Å². The van der Waals surface area contributed by atoms with E-state index in [9.17, 15) is 0 Å². The van der Waals surface area contributed by atoms with Crippen LogP contribution in [0.4, 0.5) is 5.82 Å². The van der Waals surface area contributed by atoms with Gasteiger partial charge in [0, 0.05) is 23.2 Å². The third-order valence-electron chi connectivity index (χ3n) is 3.84. The average molecular weight is 267 g/mol. The van der Waals surface area contributed by atoms with E-state index < -0.39 is 0 Å². The van der Waals surface area contributed by atoms with Crippen LogP contribution in [0.15, 0.2) is 30.3 Å². The third-order valence-corrected chi connectivity index (χ3v) is 3.84. The molecule has 1 aromatic heterocycles. The lowest BCUT2D eigenvalue weighted by Crippen LogP contribution is -2.14. The lowest BCUT2D eigenvalue weighted by atomic mass is 10.1. The molecule has 4 rings (SSSR count). The number of ether oxygens (including phenoxy) is 1. The molecule has 1 aromatic carbocycles. The van der Waals surface area contributed by atoms with Gasteiger partial charge in [-0.3, -0.25) is 0 Å². The monoisotopic (exact) mass is 267 g/mol. The Kier molecular flexibility index (Phi) is 2.62. The predicted molar refractivity (Wildman–Crippen MR) is 77.0 cm³/mol. The normalized spacial score (nSPS) is 20.4. The van der Waals surface area contributed by atoms with Crippen LogP contribution in [0.5, 0.6) is 5.75 Å². The first-order valence-electron chi connectivity index (χ1n) is 7.13. The molecule has 1 saturated carbocycles. The van der Waals surface area contributed by atoms with E-state index in [0.717, 1.165) is 23.1 Å². The highest BCUT2D eigenvalue weighted by Crippen LogP contribution is 2.39. The molecule has 20 heavy (non-hydrogen) atoms. The Morgan fingerprint density at radius 1 is 1.20 bits per heavy atom. The zero-order valence-electron chi connectivity index (χ0n) is 11.5. The molecule has 0 spiro atoms. The zero-order chi connectivity index (χ0) is 13.5. The Bertz CT molecular complexity index is 652. The van der Waals surface area contributed by atoms with Crippen LogP contribution in [0, 0.1) is 6.92 Å². The number of nitrogens with one attached hydrogen (secondary N) is 1. The fourth-order valence-electron chi connectivity index (χ4n) is 2.65. The van der Waals surface area contributed by atoms with Crippen molar-refractivity contribution in [3.63, 3.8) is 0 Å². The second kappa shape index (κ2) is 4.47. The highest BCUT2D eigenvalue weighted by Gasteiger charge is 2.28. The summed E-state index contributed by atoms with van der Waals surface area (Å²) >= 11 is 0. The molecular weight excluding hydrogens is 250 g/mol. The number of anilines is 1. The summed E-state index contributed by atoms with van der Waals surface area (Å²) in [6.45, 7) is 2.68. The van der Waals surface area contributed by atoms with E-state index in [1.807, 2.05) is 31.2 Å². The van der Waals surface area contributed by atoms with Crippen LogP contribution < -0.4 is 10.1 Å². The van der Waals surface area contributed by atoms with E-state index in [1.165, 1.54) is 18.4 Å². The van der Waals surface area contributed by atoms with Crippen molar-refractivity contribution in [1.82, 2.24) is 9.97 Å². The molecule has 0 saturated heterocycles. The average Bonchev–Trinajstić information content (AvgIpc) is 3.22. The second-order valence-corrected chi connectivity index (χ2v) is 5.57. The van der Waals surface area contributed by atoms with Crippen LogP contribution in [-0.4, -0.2) is 16.6 Å². The number of benzene rings is 1. The Labute approximate surface area is 118 Å². The van der Waals surface area contributed by atoms with Gasteiger partial charge in [0.1, 0.15) is 24.0 Å². The minimum Gasteiger partial charge on any atom is -0.491 e. The highest BCUT2D eigenvalue weighted by molar-refractivity contribution is 5.46. The highest BCUT2D eigenvalue weighted by atomic mass is 16.5. The first kappa shape index (κ1) is 11.7. The summed E-state index contributed by atoms with van der Waals surface area (Å²) in [5.41, 5.74) is 2.23. The van der Waals surface area contributed by atoms with Crippen molar-refractivity contribution in [2.24, 2.45) is 0 Å². The zero-order valence-corrected chi connectivity index (χ0v) is 11.5. The van der Waals surface area contributed by atoms with Crippen molar-refractivity contribution in [2.45, 2.75) is 31.7 Å². The predicted octanol–water partition coefficient (Wildman–Crippen LogP) is 3.21. The Hall–Kier alpha value is -2.10. The van der Waals surface area contributed by atoms with E-state index in [0.29, 0.717) is 12.5 Å². The molecule has 1 unspecified atom stereocenters. The molecule has 1 fully saturated rings. The van der Waals surface area contributed by atoms with Gasteiger partial charge < -0.3 is 10.1 Å². The van der Waals surface area contributed by atoms with Gasteiger partial charge in [-0.2, -0.15) is 0 Å². The van der Waals surface area contributed by atoms with Gasteiger partial charge in [0.05, 0.1) is 6.04 Å². The first-order valence-corrected chi connectivity index (χ1v) is 7.13. The fourth-order valence-corrected chi connectivity index (χ4v) is 2.65. The van der Waals surface area contributed by atoms with Gasteiger partial charge in [0.15, 0.2) is 0 Å². The molecule has 1 aliphatic heterocycles. The molecule has 2 heterocycles. The standard InChI is InChI=1S/C16H17N3O/c1-10-8-15(19-16(17-10)11-6-7-11)18-13-9-20-14-5-3-2-4-12(13)14/h2-5,8,11,13H,6-7,9H2,1H3,(H,17,18,19). The number of nitrogens with zero attached hydrogens (tertiary/aromatic N) is 2. The van der Waals surface area contributed by atoms with Crippen LogP contribution in [-0.2, 0) is 0 Å². The third kappa shape index (κ3) is 2.11. The van der Waals surface area contributed by atoms with Crippen LogP contribution in [0.3, 0.4) is 0 Å². The fraction of sp³-hybridized carbons (Fsp3) is 0.375. The number of para-hydroxylation sites is 1. The summed E-state index contributed by atoms with van der Waals surface area (Å²) in [5.74, 6) is 3.44. The molecule has 0 amide bonds. The maximum atomic E-state index is 5.70. The summed E-state index contributed by atoms with van der Waals surface area (Å²) in [7, 11) is 0. The Morgan fingerprint density at radius 2 is 2.05 bits per heavy atom. The topological polar surface area (TPSA) is 47.0 Å². The summed E-state index contributed by atoms with van der Waals surface area (Å²) in [5, 5.41) is 3.48. The number of hydrogen-bond acceptors (Lipinski definition) is 4. The van der Waals surface area contributed by atoms with E-state index >= 15 is 0 Å². The molecular formula is C16H17N3O. The van der Waals surface area contributed by atoms with Gasteiger partial charge in [-0.1, -0.05) is 18.2 Å². The van der Waals surface area contributed by atoms with Gasteiger partial charge in [0.2, 0.25) is 0 Å². The summed E-state index contributed by atoms with van der Waals surface area (Å²) < 4.78 is 5.70. The molecule has 0 radical (unpaired) electrons. The summed E-state index contributed by atoms with van der Waals surface area (Å²) in [6, 6.07) is 10.3. The first-order chi connectivity index (χ1) is 9.79. The van der Waals surface area contributed by atoms with Crippen molar-refractivity contribution in [2.75, 3.05) is 11.9 Å². The molecule has 4 nitrogen and oxygen atoms in total. The Morgan fingerprint density at radius 3 is 2.90 bits per heavy atom. The van der Waals surface area contributed by atoms with Crippen LogP contribution in [0.2, 0.25) is 0 Å². The van der Waals surface area contributed by atoms with Crippen molar-refractivity contribution in [1.29, 1.82) is 0 Å². The summed E-state index contributed by atoms with van der Waals surface area (Å²) in [6.07, 6.45) is 2.44. The minimum atomic E-state index is 0.174. The number of fused-ring (bicyclic) bond motifs is 1. The molecule has 1 N–H and O–H groups in total. The number of aromatic nitrogens is 2. The number of aryl methyl sites for hydroxylation is 1. The number of hydrogen-bond donors (Lipinski definition) is 1. The summed E-state index contributed by atoms with van der Waals surface area (Å²) in [4.78, 5) is 9.19. The lowest BCUT2D eigenvalue weighted by Gasteiger charge is -2.13. The maximum absolute atomic E-state index is 5.70. The number of rotatable bonds is 3. The Balaban J connectivity index is 1.60. The molecule has 2 aromatic rings. The lowest BCUT2D eigenvalue weighted by molar-refractivity contribution is 0.339. The quantitative estimate of drug-likeness (QED) is 0.927. The van der Waals surface area contributed by atoms with Gasteiger partial charge >= 0.3 is 0 Å². The second-order valence-electron chi connectivity index (χ2n) is 5.57. The maximum Gasteiger partial charge on any atom is 0.134 e. The SMILES string of the molecule is Cc1cc(NC2COc3ccccc32)nc(C2CC2)n1. The smallest absolute Gasteiger partial charge is 0.134 e. The van der Waals surface area contributed by atoms with E-state index in [2.05, 4.69) is 21.4 Å². The van der Waals surface area contributed by atoms with Gasteiger partial charge in [0.25, 0.3) is 0 Å². The molecule has 102 valence electrons. The molecule has 0 bridgehead atoms. The van der Waals surface area contributed by atoms with Crippen LogP contribution >= 0.6 is 0 Å². The molecule has 2 aliphatic rings.